The molecule has 206 valence electrons. The molecule has 0 amide bonds. The molecule has 3 heterocycles. The molecular formula is C32H35FN6O. The van der Waals surface area contributed by atoms with Crippen molar-refractivity contribution in [3.8, 4) is 22.5 Å². The number of hydrogen-bond acceptors (Lipinski definition) is 5. The lowest BCUT2D eigenvalue weighted by atomic mass is 9.86. The number of aromatic amines is 1. The van der Waals surface area contributed by atoms with Crippen molar-refractivity contribution in [1.29, 1.82) is 0 Å². The summed E-state index contributed by atoms with van der Waals surface area (Å²) >= 11 is 0. The fourth-order valence-corrected chi connectivity index (χ4v) is 4.70. The van der Waals surface area contributed by atoms with E-state index in [0.717, 1.165) is 29.7 Å². The number of halogens is 1. The molecule has 0 fully saturated rings. The normalized spacial score (nSPS) is 12.0. The van der Waals surface area contributed by atoms with Crippen molar-refractivity contribution in [1.82, 2.24) is 29.6 Å². The van der Waals surface area contributed by atoms with Crippen LogP contribution in [0.1, 0.15) is 48.7 Å². The molecular weight excluding hydrogens is 503 g/mol. The Balaban J connectivity index is 1.31. The second-order valence-electron chi connectivity index (χ2n) is 11.5. The van der Waals surface area contributed by atoms with E-state index in [-0.39, 0.29) is 23.4 Å². The Morgan fingerprint density at radius 2 is 1.80 bits per heavy atom. The minimum absolute atomic E-state index is 0.00586. The number of H-pyrrole nitrogens is 1. The van der Waals surface area contributed by atoms with Gasteiger partial charge in [0.2, 0.25) is 0 Å². The minimum Gasteiger partial charge on any atom is -0.339 e. The highest BCUT2D eigenvalue weighted by molar-refractivity contribution is 5.96. The predicted molar refractivity (Wildman–Crippen MR) is 157 cm³/mol. The molecule has 0 unspecified atom stereocenters. The van der Waals surface area contributed by atoms with E-state index in [1.165, 1.54) is 18.0 Å². The van der Waals surface area contributed by atoms with Crippen LogP contribution in [0.4, 0.5) is 4.39 Å². The van der Waals surface area contributed by atoms with E-state index >= 15 is 4.39 Å². The maximum absolute atomic E-state index is 15.2. The molecule has 0 saturated heterocycles. The van der Waals surface area contributed by atoms with Gasteiger partial charge in [0.15, 0.2) is 5.78 Å². The largest absolute Gasteiger partial charge is 0.339 e. The lowest BCUT2D eigenvalue weighted by Gasteiger charge is -2.19. The summed E-state index contributed by atoms with van der Waals surface area (Å²) in [7, 11) is 4.06. The molecule has 0 aliphatic carbocycles. The summed E-state index contributed by atoms with van der Waals surface area (Å²) in [6.45, 7) is 8.10. The standard InChI is InChI=1S/C32H35FN6O/c1-32(2,3)25-11-8-22(9-12-25)29(40)13-10-21-6-7-23(16-27(21)33)30-26-17-28(37-31(26)35-20-34-30)24-18-36-39(19-24)15-14-38(4)5/h6-9,11-12,16-20H,10,13-15H2,1-5H3,(H,34,35,37). The molecule has 5 aromatic rings. The molecule has 5 rings (SSSR count). The Bertz CT molecular complexity index is 1640. The zero-order chi connectivity index (χ0) is 28.4. The first-order chi connectivity index (χ1) is 19.1. The monoisotopic (exact) mass is 538 g/mol. The van der Waals surface area contributed by atoms with Crippen LogP contribution < -0.4 is 0 Å². The number of nitrogens with one attached hydrogen (secondary N) is 1. The number of benzene rings is 2. The molecule has 0 aliphatic rings. The molecule has 0 spiro atoms. The third kappa shape index (κ3) is 6.02. The third-order valence-electron chi connectivity index (χ3n) is 7.17. The lowest BCUT2D eigenvalue weighted by Crippen LogP contribution is -2.18. The molecule has 0 radical (unpaired) electrons. The number of Topliss-reactive ketones (excluding diaryl/α,β-unsaturated/α-hetero) is 1. The smallest absolute Gasteiger partial charge is 0.163 e. The van der Waals surface area contributed by atoms with Crippen molar-refractivity contribution in [2.24, 2.45) is 0 Å². The summed E-state index contributed by atoms with van der Waals surface area (Å²) in [6, 6.07) is 14.8. The Labute approximate surface area is 234 Å². The van der Waals surface area contributed by atoms with Gasteiger partial charge in [-0.1, -0.05) is 57.2 Å². The first-order valence-corrected chi connectivity index (χ1v) is 13.5. The zero-order valence-electron chi connectivity index (χ0n) is 23.7. The van der Waals surface area contributed by atoms with Crippen molar-refractivity contribution in [2.45, 2.75) is 45.6 Å². The van der Waals surface area contributed by atoms with Gasteiger partial charge in [-0.05, 0) is 49.2 Å². The van der Waals surface area contributed by atoms with Crippen LogP contribution in [0.2, 0.25) is 0 Å². The molecule has 0 bridgehead atoms. The summed E-state index contributed by atoms with van der Waals surface area (Å²) in [5, 5.41) is 5.26. The molecule has 40 heavy (non-hydrogen) atoms. The fourth-order valence-electron chi connectivity index (χ4n) is 4.70. The Morgan fingerprint density at radius 1 is 1.02 bits per heavy atom. The van der Waals surface area contributed by atoms with Crippen molar-refractivity contribution < 1.29 is 9.18 Å². The second kappa shape index (κ2) is 11.1. The van der Waals surface area contributed by atoms with Gasteiger partial charge < -0.3 is 9.88 Å². The van der Waals surface area contributed by atoms with E-state index in [1.807, 2.05) is 67.6 Å². The number of hydrogen-bond donors (Lipinski definition) is 1. The highest BCUT2D eigenvalue weighted by Gasteiger charge is 2.16. The summed E-state index contributed by atoms with van der Waals surface area (Å²) < 4.78 is 17.1. The number of ketones is 1. The molecule has 0 saturated carbocycles. The number of carbonyl (C=O) groups excluding carboxylic acids is 1. The van der Waals surface area contributed by atoms with Gasteiger partial charge in [0.1, 0.15) is 17.8 Å². The number of nitrogens with zero attached hydrogens (tertiary/aromatic N) is 5. The average molecular weight is 539 g/mol. The zero-order valence-corrected chi connectivity index (χ0v) is 23.7. The van der Waals surface area contributed by atoms with Gasteiger partial charge in [0.05, 0.1) is 24.1 Å². The topological polar surface area (TPSA) is 79.7 Å². The number of rotatable bonds is 9. The molecule has 7 nitrogen and oxygen atoms in total. The SMILES string of the molecule is CN(C)CCn1cc(-c2cc3c(-c4ccc(CCC(=O)c5ccc(C(C)(C)C)cc5)c(F)c4)ncnc3[nH]2)cn1. The second-order valence-corrected chi connectivity index (χ2v) is 11.5. The van der Waals surface area contributed by atoms with Crippen LogP contribution in [0.15, 0.2) is 67.3 Å². The van der Waals surface area contributed by atoms with Crippen molar-refractivity contribution in [3.63, 3.8) is 0 Å². The molecule has 2 aromatic carbocycles. The summed E-state index contributed by atoms with van der Waals surface area (Å²) in [5.74, 6) is -0.343. The van der Waals surface area contributed by atoms with Gasteiger partial charge in [-0.15, -0.1) is 0 Å². The van der Waals surface area contributed by atoms with Gasteiger partial charge in [0.25, 0.3) is 0 Å². The van der Waals surface area contributed by atoms with Crippen LogP contribution in [-0.2, 0) is 18.4 Å². The van der Waals surface area contributed by atoms with E-state index in [0.29, 0.717) is 34.5 Å². The van der Waals surface area contributed by atoms with Crippen molar-refractivity contribution in [2.75, 3.05) is 20.6 Å². The van der Waals surface area contributed by atoms with Crippen LogP contribution in [-0.4, -0.2) is 56.1 Å². The van der Waals surface area contributed by atoms with E-state index in [9.17, 15) is 4.79 Å². The van der Waals surface area contributed by atoms with Gasteiger partial charge in [-0.2, -0.15) is 5.10 Å². The number of carbonyl (C=O) groups is 1. The maximum Gasteiger partial charge on any atom is 0.163 e. The Morgan fingerprint density at radius 3 is 2.50 bits per heavy atom. The van der Waals surface area contributed by atoms with Crippen LogP contribution in [0.25, 0.3) is 33.5 Å². The third-order valence-corrected chi connectivity index (χ3v) is 7.17. The predicted octanol–water partition coefficient (Wildman–Crippen LogP) is 6.30. The van der Waals surface area contributed by atoms with E-state index in [1.54, 1.807) is 6.07 Å². The maximum atomic E-state index is 15.2. The Hall–Kier alpha value is -4.17. The van der Waals surface area contributed by atoms with Crippen molar-refractivity contribution >= 4 is 16.8 Å². The first kappa shape index (κ1) is 27.4. The molecule has 0 aliphatic heterocycles. The van der Waals surface area contributed by atoms with Crippen LogP contribution in [0.5, 0.6) is 0 Å². The van der Waals surface area contributed by atoms with Gasteiger partial charge in [-0.25, -0.2) is 14.4 Å². The number of aryl methyl sites for hydroxylation is 1. The van der Waals surface area contributed by atoms with E-state index in [4.69, 9.17) is 0 Å². The van der Waals surface area contributed by atoms with Gasteiger partial charge in [-0.3, -0.25) is 9.48 Å². The first-order valence-electron chi connectivity index (χ1n) is 13.5. The summed E-state index contributed by atoms with van der Waals surface area (Å²) in [4.78, 5) is 27.1. The fraction of sp³-hybridized carbons (Fsp3) is 0.312. The number of likely N-dealkylation sites (N-methyl/N-ethyl adjacent to an activating group) is 1. The van der Waals surface area contributed by atoms with Crippen molar-refractivity contribution in [3.05, 3.63) is 89.8 Å². The highest BCUT2D eigenvalue weighted by Crippen LogP contribution is 2.31. The van der Waals surface area contributed by atoms with Crippen LogP contribution in [0.3, 0.4) is 0 Å². The number of aromatic nitrogens is 5. The summed E-state index contributed by atoms with van der Waals surface area (Å²) in [6.07, 6.45) is 5.87. The van der Waals surface area contributed by atoms with Gasteiger partial charge >= 0.3 is 0 Å². The van der Waals surface area contributed by atoms with E-state index < -0.39 is 0 Å². The quantitative estimate of drug-likeness (QED) is 0.223. The average Bonchev–Trinajstić information content (AvgIpc) is 3.58. The Kier molecular flexibility index (Phi) is 7.63. The van der Waals surface area contributed by atoms with Gasteiger partial charge in [0, 0.05) is 41.2 Å². The molecule has 1 N–H and O–H groups in total. The highest BCUT2D eigenvalue weighted by atomic mass is 19.1. The molecule has 8 heteroatoms. The lowest BCUT2D eigenvalue weighted by molar-refractivity contribution is 0.0982. The number of fused-ring (bicyclic) bond motifs is 1. The van der Waals surface area contributed by atoms with E-state index in [2.05, 4.69) is 45.7 Å². The molecule has 0 atom stereocenters. The van der Waals surface area contributed by atoms with Crippen LogP contribution >= 0.6 is 0 Å². The molecule has 3 aromatic heterocycles. The van der Waals surface area contributed by atoms with Crippen LogP contribution in [0, 0.1) is 5.82 Å². The summed E-state index contributed by atoms with van der Waals surface area (Å²) in [5.41, 5.74) is 6.16. The minimum atomic E-state index is -0.349.